The van der Waals surface area contributed by atoms with E-state index < -0.39 is 0 Å². The minimum atomic E-state index is 0.679. The Kier molecular flexibility index (Phi) is 3.08. The second kappa shape index (κ2) is 3.65. The van der Waals surface area contributed by atoms with Crippen molar-refractivity contribution in [2.75, 3.05) is 0 Å². The maximum atomic E-state index is 5.90. The molecule has 0 atom stereocenters. The van der Waals surface area contributed by atoms with E-state index in [9.17, 15) is 0 Å². The molecule has 54 valence electrons. The second-order valence-electron chi connectivity index (χ2n) is 1.87. The Morgan fingerprint density at radius 1 is 1.50 bits per heavy atom. The Morgan fingerprint density at radius 2 is 2.20 bits per heavy atom. The lowest BCUT2D eigenvalue weighted by Gasteiger charge is -2.00. The average Bonchev–Trinajstić information content (AvgIpc) is 1.95. The van der Waals surface area contributed by atoms with Crippen molar-refractivity contribution < 1.29 is 0 Å². The van der Waals surface area contributed by atoms with Gasteiger partial charge in [-0.1, -0.05) is 23.7 Å². The molecule has 10 heavy (non-hydrogen) atoms. The molecule has 0 fully saturated rings. The summed E-state index contributed by atoms with van der Waals surface area (Å²) < 4.78 is 0.931. The van der Waals surface area contributed by atoms with Crippen molar-refractivity contribution in [1.29, 1.82) is 0 Å². The molecule has 0 heterocycles. The summed E-state index contributed by atoms with van der Waals surface area (Å²) in [4.78, 5) is 0. The highest BCUT2D eigenvalue weighted by Crippen LogP contribution is 2.26. The van der Waals surface area contributed by atoms with Crippen LogP contribution in [0.2, 0.25) is 5.02 Å². The van der Waals surface area contributed by atoms with Gasteiger partial charge in [-0.25, -0.2) is 0 Å². The molecule has 0 aliphatic carbocycles. The Bertz CT molecular complexity index is 237. The van der Waals surface area contributed by atoms with Crippen LogP contribution in [0.5, 0.6) is 0 Å². The smallest absolute Gasteiger partial charge is 0.0588 e. The highest BCUT2D eigenvalue weighted by atomic mass is 79.9. The van der Waals surface area contributed by atoms with E-state index in [4.69, 9.17) is 11.6 Å². The van der Waals surface area contributed by atoms with E-state index >= 15 is 0 Å². The summed E-state index contributed by atoms with van der Waals surface area (Å²) in [7, 11) is 0. The third kappa shape index (κ3) is 1.68. The van der Waals surface area contributed by atoms with Gasteiger partial charge in [0.15, 0.2) is 0 Å². The van der Waals surface area contributed by atoms with Crippen molar-refractivity contribution in [2.45, 2.75) is 5.75 Å². The van der Waals surface area contributed by atoms with Gasteiger partial charge in [-0.3, -0.25) is 0 Å². The van der Waals surface area contributed by atoms with Crippen LogP contribution in [-0.2, 0) is 5.75 Å². The molecular weight excluding hydrogens is 232 g/mol. The van der Waals surface area contributed by atoms with Gasteiger partial charge in [-0.15, -0.1) is 0 Å². The summed E-state index contributed by atoms with van der Waals surface area (Å²) >= 11 is 13.3. The molecule has 0 bridgehead atoms. The standard InChI is InChI=1S/C7H6BrClS/c8-6-3-1-2-5(4-10)7(6)9/h1-3,10H,4H2. The summed E-state index contributed by atoms with van der Waals surface area (Å²) in [6.45, 7) is 0. The van der Waals surface area contributed by atoms with Gasteiger partial charge < -0.3 is 0 Å². The molecule has 1 aromatic rings. The minimum Gasteiger partial charge on any atom is -0.174 e. The molecular formula is C7H6BrClS. The van der Waals surface area contributed by atoms with Gasteiger partial charge >= 0.3 is 0 Å². The number of hydrogen-bond acceptors (Lipinski definition) is 1. The first-order chi connectivity index (χ1) is 4.75. The monoisotopic (exact) mass is 236 g/mol. The van der Waals surface area contributed by atoms with Gasteiger partial charge in [0.1, 0.15) is 0 Å². The third-order valence-electron chi connectivity index (χ3n) is 1.20. The first-order valence-electron chi connectivity index (χ1n) is 2.79. The van der Waals surface area contributed by atoms with Crippen LogP contribution >= 0.6 is 40.2 Å². The lowest BCUT2D eigenvalue weighted by molar-refractivity contribution is 1.41. The zero-order chi connectivity index (χ0) is 7.56. The first kappa shape index (κ1) is 8.44. The van der Waals surface area contributed by atoms with Crippen molar-refractivity contribution in [1.82, 2.24) is 0 Å². The summed E-state index contributed by atoms with van der Waals surface area (Å²) in [6.07, 6.45) is 0. The Balaban J connectivity index is 3.14. The quantitative estimate of drug-likeness (QED) is 0.710. The van der Waals surface area contributed by atoms with Crippen molar-refractivity contribution >= 4 is 40.2 Å². The summed E-state index contributed by atoms with van der Waals surface area (Å²) in [5, 5.41) is 0.762. The normalized spacial score (nSPS) is 9.90. The summed E-state index contributed by atoms with van der Waals surface area (Å²) in [6, 6.07) is 5.82. The number of rotatable bonds is 1. The molecule has 0 aliphatic heterocycles. The Labute approximate surface area is 79.1 Å². The molecule has 0 N–H and O–H groups in total. The van der Waals surface area contributed by atoms with E-state index in [1.54, 1.807) is 0 Å². The predicted octanol–water partition coefficient (Wildman–Crippen LogP) is 3.53. The molecule has 1 rings (SSSR count). The van der Waals surface area contributed by atoms with Crippen molar-refractivity contribution in [2.24, 2.45) is 0 Å². The fourth-order valence-corrected chi connectivity index (χ4v) is 1.63. The van der Waals surface area contributed by atoms with Gasteiger partial charge in [-0.2, -0.15) is 12.6 Å². The van der Waals surface area contributed by atoms with E-state index in [2.05, 4.69) is 28.6 Å². The first-order valence-corrected chi connectivity index (χ1v) is 4.60. The SMILES string of the molecule is SCc1cccc(Br)c1Cl. The fraction of sp³-hybridized carbons (Fsp3) is 0.143. The second-order valence-corrected chi connectivity index (χ2v) is 3.42. The number of thiol groups is 1. The van der Waals surface area contributed by atoms with E-state index in [1.165, 1.54) is 0 Å². The van der Waals surface area contributed by atoms with Gasteiger partial charge in [0.05, 0.1) is 5.02 Å². The van der Waals surface area contributed by atoms with Crippen molar-refractivity contribution in [3.8, 4) is 0 Å². The van der Waals surface area contributed by atoms with Crippen LogP contribution in [0.25, 0.3) is 0 Å². The Hall–Kier alpha value is 0.340. The number of benzene rings is 1. The predicted molar refractivity (Wildman–Crippen MR) is 51.8 cm³/mol. The number of halogens is 2. The van der Waals surface area contributed by atoms with Crippen LogP contribution in [-0.4, -0.2) is 0 Å². The van der Waals surface area contributed by atoms with Crippen LogP contribution in [0.15, 0.2) is 22.7 Å². The highest BCUT2D eigenvalue weighted by Gasteiger charge is 1.99. The zero-order valence-corrected chi connectivity index (χ0v) is 8.38. The molecule has 0 saturated heterocycles. The van der Waals surface area contributed by atoms with Gasteiger partial charge in [0.25, 0.3) is 0 Å². The van der Waals surface area contributed by atoms with Crippen LogP contribution in [0.1, 0.15) is 5.56 Å². The van der Waals surface area contributed by atoms with E-state index in [0.29, 0.717) is 5.75 Å². The molecule has 0 spiro atoms. The zero-order valence-electron chi connectivity index (χ0n) is 5.14. The molecule has 0 amide bonds. The summed E-state index contributed by atoms with van der Waals surface area (Å²) in [5.41, 5.74) is 1.05. The molecule has 3 heteroatoms. The molecule has 0 radical (unpaired) electrons. The molecule has 0 aliphatic rings. The summed E-state index contributed by atoms with van der Waals surface area (Å²) in [5.74, 6) is 0.679. The van der Waals surface area contributed by atoms with Crippen LogP contribution in [0.4, 0.5) is 0 Å². The van der Waals surface area contributed by atoms with Crippen LogP contribution in [0, 0.1) is 0 Å². The third-order valence-corrected chi connectivity index (χ3v) is 2.88. The van der Waals surface area contributed by atoms with Crippen LogP contribution in [0.3, 0.4) is 0 Å². The molecule has 0 saturated carbocycles. The maximum absolute atomic E-state index is 5.90. The minimum absolute atomic E-state index is 0.679. The highest BCUT2D eigenvalue weighted by molar-refractivity contribution is 9.10. The van der Waals surface area contributed by atoms with Crippen molar-refractivity contribution in [3.05, 3.63) is 33.3 Å². The van der Waals surface area contributed by atoms with E-state index in [-0.39, 0.29) is 0 Å². The van der Waals surface area contributed by atoms with Gasteiger partial charge in [0.2, 0.25) is 0 Å². The lowest BCUT2D eigenvalue weighted by atomic mass is 10.2. The Morgan fingerprint density at radius 3 is 2.70 bits per heavy atom. The molecule has 0 unspecified atom stereocenters. The number of hydrogen-bond donors (Lipinski definition) is 1. The topological polar surface area (TPSA) is 0 Å². The fourth-order valence-electron chi connectivity index (χ4n) is 0.671. The lowest BCUT2D eigenvalue weighted by Crippen LogP contribution is -1.79. The van der Waals surface area contributed by atoms with Crippen molar-refractivity contribution in [3.63, 3.8) is 0 Å². The van der Waals surface area contributed by atoms with Gasteiger partial charge in [0, 0.05) is 10.2 Å². The molecule has 0 aromatic heterocycles. The van der Waals surface area contributed by atoms with E-state index in [0.717, 1.165) is 15.1 Å². The average molecular weight is 238 g/mol. The van der Waals surface area contributed by atoms with Crippen LogP contribution < -0.4 is 0 Å². The largest absolute Gasteiger partial charge is 0.174 e. The van der Waals surface area contributed by atoms with E-state index in [1.807, 2.05) is 18.2 Å². The molecule has 0 nitrogen and oxygen atoms in total. The molecule has 1 aromatic carbocycles. The van der Waals surface area contributed by atoms with Gasteiger partial charge in [-0.05, 0) is 27.6 Å². The maximum Gasteiger partial charge on any atom is 0.0588 e.